The van der Waals surface area contributed by atoms with Crippen LogP contribution >= 0.6 is 0 Å². The van der Waals surface area contributed by atoms with Gasteiger partial charge in [-0.2, -0.15) is 0 Å². The number of hydrogen-bond donors (Lipinski definition) is 0. The highest BCUT2D eigenvalue weighted by atomic mass is 28.4. The van der Waals surface area contributed by atoms with Crippen LogP contribution < -0.4 is 0 Å². The lowest BCUT2D eigenvalue weighted by atomic mass is 10.6. The zero-order valence-electron chi connectivity index (χ0n) is 15.6. The second-order valence-electron chi connectivity index (χ2n) is 6.41. The van der Waals surface area contributed by atoms with Crippen LogP contribution in [0.25, 0.3) is 0 Å². The van der Waals surface area contributed by atoms with Crippen molar-refractivity contribution in [2.75, 3.05) is 13.2 Å². The summed E-state index contributed by atoms with van der Waals surface area (Å²) in [6.07, 6.45) is 5.06. The highest BCUT2D eigenvalue weighted by Crippen LogP contribution is 2.36. The first-order valence-electron chi connectivity index (χ1n) is 9.35. The van der Waals surface area contributed by atoms with Gasteiger partial charge in [-0.3, -0.25) is 0 Å². The van der Waals surface area contributed by atoms with E-state index in [1.807, 2.05) is 0 Å². The van der Waals surface area contributed by atoms with Crippen molar-refractivity contribution in [1.29, 1.82) is 0 Å². The summed E-state index contributed by atoms with van der Waals surface area (Å²) in [6.45, 7) is 15.4. The fourth-order valence-corrected chi connectivity index (χ4v) is 18.3. The van der Waals surface area contributed by atoms with Gasteiger partial charge in [-0.15, -0.1) is 0 Å². The first-order valence-corrected chi connectivity index (χ1v) is 14.4. The summed E-state index contributed by atoms with van der Waals surface area (Å²) in [6, 6.07) is 5.29. The molecule has 0 saturated heterocycles. The van der Waals surface area contributed by atoms with E-state index in [0.717, 1.165) is 13.2 Å². The van der Waals surface area contributed by atoms with Crippen LogP contribution in [0.5, 0.6) is 0 Å². The third-order valence-corrected chi connectivity index (χ3v) is 17.0. The van der Waals surface area contributed by atoms with Crippen molar-refractivity contribution in [2.24, 2.45) is 0 Å². The summed E-state index contributed by atoms with van der Waals surface area (Å²) < 4.78 is 13.0. The SMILES string of the molecule is CCC[Si](CCC)(C[Si](CCC)(CCC)OCC)OCC. The summed E-state index contributed by atoms with van der Waals surface area (Å²) in [5.74, 6) is 0. The molecule has 0 bridgehead atoms. The molecule has 0 fully saturated rings. The Morgan fingerprint density at radius 1 is 0.524 bits per heavy atom. The lowest BCUT2D eigenvalue weighted by Crippen LogP contribution is -2.51. The average Bonchev–Trinajstić information content (AvgIpc) is 2.40. The predicted octanol–water partition coefficient (Wildman–Crippen LogP) is 6.13. The Balaban J connectivity index is 5.30. The molecule has 0 spiro atoms. The van der Waals surface area contributed by atoms with E-state index in [-0.39, 0.29) is 0 Å². The standard InChI is InChI=1S/C17H40O2Si2/c1-7-13-20(14-8-2,18-11-5)17-21(15-9-3,16-10-4)19-12-6/h7-17H2,1-6H3. The van der Waals surface area contributed by atoms with E-state index in [0.29, 0.717) is 0 Å². The molecule has 0 atom stereocenters. The fraction of sp³-hybridized carbons (Fsp3) is 1.00. The maximum Gasteiger partial charge on any atom is 0.192 e. The van der Waals surface area contributed by atoms with Gasteiger partial charge < -0.3 is 8.85 Å². The second kappa shape index (κ2) is 11.9. The highest BCUT2D eigenvalue weighted by Gasteiger charge is 2.45. The van der Waals surface area contributed by atoms with Crippen molar-refractivity contribution >= 4 is 16.6 Å². The van der Waals surface area contributed by atoms with Crippen LogP contribution in [0.15, 0.2) is 0 Å². The van der Waals surface area contributed by atoms with E-state index in [1.165, 1.54) is 55.5 Å². The zero-order valence-corrected chi connectivity index (χ0v) is 17.6. The summed E-state index contributed by atoms with van der Waals surface area (Å²) in [7, 11) is -3.21. The van der Waals surface area contributed by atoms with Gasteiger partial charge in [0.05, 0.1) is 0 Å². The molecule has 0 N–H and O–H groups in total. The molecule has 0 aliphatic carbocycles. The molecule has 0 unspecified atom stereocenters. The third kappa shape index (κ3) is 7.44. The minimum absolute atomic E-state index is 0.890. The van der Waals surface area contributed by atoms with Gasteiger partial charge in [0.25, 0.3) is 0 Å². The van der Waals surface area contributed by atoms with Crippen LogP contribution in [0, 0.1) is 0 Å². The van der Waals surface area contributed by atoms with Gasteiger partial charge in [-0.25, -0.2) is 0 Å². The monoisotopic (exact) mass is 332 g/mol. The van der Waals surface area contributed by atoms with Crippen molar-refractivity contribution in [3.05, 3.63) is 0 Å². The minimum Gasteiger partial charge on any atom is -0.417 e. The van der Waals surface area contributed by atoms with Crippen molar-refractivity contribution in [3.8, 4) is 0 Å². The smallest absolute Gasteiger partial charge is 0.192 e. The molecule has 21 heavy (non-hydrogen) atoms. The van der Waals surface area contributed by atoms with Crippen LogP contribution in [0.1, 0.15) is 67.2 Å². The number of rotatable bonds is 14. The Morgan fingerprint density at radius 3 is 1.00 bits per heavy atom. The molecule has 0 aliphatic rings. The molecular weight excluding hydrogens is 292 g/mol. The molecule has 0 saturated carbocycles. The fourth-order valence-electron chi connectivity index (χ4n) is 4.02. The van der Waals surface area contributed by atoms with E-state index in [2.05, 4.69) is 41.5 Å². The van der Waals surface area contributed by atoms with Gasteiger partial charge in [0.2, 0.25) is 0 Å². The van der Waals surface area contributed by atoms with Crippen molar-refractivity contribution in [2.45, 2.75) is 97.1 Å². The highest BCUT2D eigenvalue weighted by molar-refractivity contribution is 6.91. The van der Waals surface area contributed by atoms with Gasteiger partial charge in [0.1, 0.15) is 0 Å². The topological polar surface area (TPSA) is 18.5 Å². The van der Waals surface area contributed by atoms with Gasteiger partial charge in [-0.1, -0.05) is 53.4 Å². The molecule has 0 heterocycles. The van der Waals surface area contributed by atoms with Crippen LogP contribution in [0.3, 0.4) is 0 Å². The molecule has 0 aliphatic heterocycles. The maximum absolute atomic E-state index is 6.50. The Labute approximate surface area is 136 Å². The molecule has 0 rings (SSSR count). The average molecular weight is 333 g/mol. The summed E-state index contributed by atoms with van der Waals surface area (Å²) in [4.78, 5) is 0. The normalized spacial score (nSPS) is 12.9. The second-order valence-corrected chi connectivity index (χ2v) is 15.1. The summed E-state index contributed by atoms with van der Waals surface area (Å²) in [5, 5.41) is 0. The first kappa shape index (κ1) is 21.4. The maximum atomic E-state index is 6.50. The molecule has 4 heteroatoms. The van der Waals surface area contributed by atoms with E-state index >= 15 is 0 Å². The lowest BCUT2D eigenvalue weighted by Gasteiger charge is -2.40. The van der Waals surface area contributed by atoms with Crippen LogP contribution in [-0.4, -0.2) is 29.8 Å². The van der Waals surface area contributed by atoms with Gasteiger partial charge in [-0.05, 0) is 43.7 Å². The predicted molar refractivity (Wildman–Crippen MR) is 100.0 cm³/mol. The van der Waals surface area contributed by atoms with Crippen molar-refractivity contribution in [1.82, 2.24) is 0 Å². The third-order valence-electron chi connectivity index (χ3n) is 4.37. The van der Waals surface area contributed by atoms with Gasteiger partial charge >= 0.3 is 0 Å². The largest absolute Gasteiger partial charge is 0.417 e. The molecule has 0 amide bonds. The molecule has 0 aromatic carbocycles. The molecule has 2 nitrogen and oxygen atoms in total. The van der Waals surface area contributed by atoms with Crippen molar-refractivity contribution < 1.29 is 8.85 Å². The summed E-state index contributed by atoms with van der Waals surface area (Å²) in [5.41, 5.74) is 1.34. The molecule has 128 valence electrons. The Hall–Kier alpha value is 0.354. The number of hydrogen-bond acceptors (Lipinski definition) is 2. The van der Waals surface area contributed by atoms with Crippen LogP contribution in [0.2, 0.25) is 29.8 Å². The quantitative estimate of drug-likeness (QED) is 0.356. The molecule has 0 aromatic rings. The Morgan fingerprint density at radius 2 is 0.810 bits per heavy atom. The Kier molecular flexibility index (Phi) is 12.1. The molecular formula is C17H40O2Si2. The van der Waals surface area contributed by atoms with E-state index < -0.39 is 16.6 Å². The lowest BCUT2D eigenvalue weighted by molar-refractivity contribution is 0.302. The summed E-state index contributed by atoms with van der Waals surface area (Å²) >= 11 is 0. The van der Waals surface area contributed by atoms with E-state index in [1.54, 1.807) is 0 Å². The van der Waals surface area contributed by atoms with E-state index in [9.17, 15) is 0 Å². The minimum atomic E-state index is -1.61. The van der Waals surface area contributed by atoms with Crippen molar-refractivity contribution in [3.63, 3.8) is 0 Å². The van der Waals surface area contributed by atoms with Gasteiger partial charge in [0.15, 0.2) is 16.6 Å². The van der Waals surface area contributed by atoms with Crippen LogP contribution in [-0.2, 0) is 8.85 Å². The zero-order chi connectivity index (χ0) is 16.2. The molecule has 0 aromatic heterocycles. The molecule has 0 radical (unpaired) electrons. The van der Waals surface area contributed by atoms with E-state index in [4.69, 9.17) is 8.85 Å². The van der Waals surface area contributed by atoms with Crippen LogP contribution in [0.4, 0.5) is 0 Å². The van der Waals surface area contributed by atoms with Gasteiger partial charge in [0, 0.05) is 13.2 Å². The Bertz CT molecular complexity index is 189. The first-order chi connectivity index (χ1) is 10.1.